The molecule has 0 unspecified atom stereocenters. The highest BCUT2D eigenvalue weighted by Crippen LogP contribution is 2.15. The lowest BCUT2D eigenvalue weighted by Gasteiger charge is -2.03. The molecule has 2 heterocycles. The SMILES string of the molecule is CC(C)c1ccc2nnccn12. The lowest BCUT2D eigenvalue weighted by atomic mass is 10.1. The van der Waals surface area contributed by atoms with E-state index in [0.717, 1.165) is 5.65 Å². The van der Waals surface area contributed by atoms with Crippen LogP contribution in [0.25, 0.3) is 5.65 Å². The fourth-order valence-electron chi connectivity index (χ4n) is 1.36. The average Bonchev–Trinajstić information content (AvgIpc) is 2.47. The van der Waals surface area contributed by atoms with Gasteiger partial charge in [0.15, 0.2) is 5.65 Å². The van der Waals surface area contributed by atoms with E-state index in [1.807, 2.05) is 12.3 Å². The molecular weight excluding hydrogens is 150 g/mol. The van der Waals surface area contributed by atoms with Crippen molar-refractivity contribution in [2.75, 3.05) is 0 Å². The van der Waals surface area contributed by atoms with E-state index in [9.17, 15) is 0 Å². The van der Waals surface area contributed by atoms with E-state index in [4.69, 9.17) is 0 Å². The number of nitrogens with zero attached hydrogens (tertiary/aromatic N) is 3. The third-order valence-corrected chi connectivity index (χ3v) is 1.96. The number of rotatable bonds is 1. The maximum absolute atomic E-state index is 4.00. The van der Waals surface area contributed by atoms with Gasteiger partial charge in [-0.1, -0.05) is 13.8 Å². The van der Waals surface area contributed by atoms with Crippen molar-refractivity contribution in [3.05, 3.63) is 30.2 Å². The van der Waals surface area contributed by atoms with Crippen LogP contribution in [0.2, 0.25) is 0 Å². The molecule has 2 aromatic rings. The number of fused-ring (bicyclic) bond motifs is 1. The van der Waals surface area contributed by atoms with Gasteiger partial charge < -0.3 is 4.40 Å². The van der Waals surface area contributed by atoms with Gasteiger partial charge in [-0.2, -0.15) is 5.10 Å². The minimum Gasteiger partial charge on any atom is -0.302 e. The summed E-state index contributed by atoms with van der Waals surface area (Å²) in [5.74, 6) is 0.525. The van der Waals surface area contributed by atoms with Gasteiger partial charge in [0.05, 0.1) is 6.20 Å². The van der Waals surface area contributed by atoms with E-state index in [1.54, 1.807) is 6.20 Å². The van der Waals surface area contributed by atoms with Gasteiger partial charge in [-0.3, -0.25) is 0 Å². The molecule has 0 radical (unpaired) electrons. The summed E-state index contributed by atoms with van der Waals surface area (Å²) in [6.45, 7) is 4.34. The Balaban J connectivity index is 2.70. The fraction of sp³-hybridized carbons (Fsp3) is 0.333. The summed E-state index contributed by atoms with van der Waals surface area (Å²) in [7, 11) is 0. The van der Waals surface area contributed by atoms with E-state index in [2.05, 4.69) is 34.5 Å². The van der Waals surface area contributed by atoms with Crippen LogP contribution in [0.3, 0.4) is 0 Å². The van der Waals surface area contributed by atoms with Crippen LogP contribution in [-0.2, 0) is 0 Å². The second-order valence-corrected chi connectivity index (χ2v) is 3.15. The molecule has 0 aromatic carbocycles. The smallest absolute Gasteiger partial charge is 0.159 e. The van der Waals surface area contributed by atoms with Crippen molar-refractivity contribution in [1.29, 1.82) is 0 Å². The van der Waals surface area contributed by atoms with Gasteiger partial charge in [-0.05, 0) is 18.1 Å². The molecule has 0 saturated heterocycles. The molecular formula is C9H11N3. The second kappa shape index (κ2) is 2.59. The molecule has 2 aromatic heterocycles. The normalized spacial score (nSPS) is 11.2. The molecule has 0 fully saturated rings. The van der Waals surface area contributed by atoms with Crippen LogP contribution in [0.4, 0.5) is 0 Å². The van der Waals surface area contributed by atoms with Gasteiger partial charge in [-0.15, -0.1) is 5.10 Å². The lowest BCUT2D eigenvalue weighted by Crippen LogP contribution is -1.96. The molecule has 0 amide bonds. The first-order chi connectivity index (χ1) is 5.79. The van der Waals surface area contributed by atoms with Crippen LogP contribution < -0.4 is 0 Å². The highest BCUT2D eigenvalue weighted by atomic mass is 15.2. The fourth-order valence-corrected chi connectivity index (χ4v) is 1.36. The summed E-state index contributed by atoms with van der Waals surface area (Å²) in [5, 5.41) is 7.81. The van der Waals surface area contributed by atoms with Crippen LogP contribution >= 0.6 is 0 Å². The molecule has 0 saturated carbocycles. The van der Waals surface area contributed by atoms with Crippen molar-refractivity contribution >= 4 is 5.65 Å². The largest absolute Gasteiger partial charge is 0.302 e. The quantitative estimate of drug-likeness (QED) is 0.639. The zero-order valence-corrected chi connectivity index (χ0v) is 7.23. The van der Waals surface area contributed by atoms with Crippen LogP contribution in [0.1, 0.15) is 25.5 Å². The summed E-state index contributed by atoms with van der Waals surface area (Å²) >= 11 is 0. The maximum atomic E-state index is 4.00. The zero-order chi connectivity index (χ0) is 8.55. The third-order valence-electron chi connectivity index (χ3n) is 1.96. The summed E-state index contributed by atoms with van der Waals surface area (Å²) < 4.78 is 2.07. The standard InChI is InChI=1S/C9H11N3/c1-7(2)8-3-4-9-11-10-5-6-12(8)9/h3-7H,1-2H3. The Kier molecular flexibility index (Phi) is 1.57. The Bertz CT molecular complexity index is 389. The van der Waals surface area contributed by atoms with Gasteiger partial charge in [0.25, 0.3) is 0 Å². The molecule has 0 spiro atoms. The molecule has 62 valence electrons. The Labute approximate surface area is 71.1 Å². The first-order valence-electron chi connectivity index (χ1n) is 4.07. The minimum atomic E-state index is 0.525. The number of hydrogen-bond acceptors (Lipinski definition) is 2. The van der Waals surface area contributed by atoms with Crippen molar-refractivity contribution in [3.63, 3.8) is 0 Å². The highest BCUT2D eigenvalue weighted by molar-refractivity contribution is 5.40. The number of aromatic nitrogens is 3. The molecule has 0 atom stereocenters. The van der Waals surface area contributed by atoms with Gasteiger partial charge in [0.2, 0.25) is 0 Å². The minimum absolute atomic E-state index is 0.525. The van der Waals surface area contributed by atoms with Crippen LogP contribution in [0, 0.1) is 0 Å². The Morgan fingerprint density at radius 3 is 2.92 bits per heavy atom. The van der Waals surface area contributed by atoms with E-state index in [1.165, 1.54) is 5.69 Å². The van der Waals surface area contributed by atoms with Crippen molar-refractivity contribution in [2.24, 2.45) is 0 Å². The summed E-state index contributed by atoms with van der Waals surface area (Å²) in [4.78, 5) is 0. The highest BCUT2D eigenvalue weighted by Gasteiger charge is 2.04. The Morgan fingerprint density at radius 1 is 1.33 bits per heavy atom. The number of hydrogen-bond donors (Lipinski definition) is 0. The Morgan fingerprint density at radius 2 is 2.17 bits per heavy atom. The Hall–Kier alpha value is -1.38. The molecule has 2 rings (SSSR count). The molecule has 3 nitrogen and oxygen atoms in total. The monoisotopic (exact) mass is 161 g/mol. The third kappa shape index (κ3) is 0.978. The van der Waals surface area contributed by atoms with E-state index < -0.39 is 0 Å². The van der Waals surface area contributed by atoms with Crippen molar-refractivity contribution in [3.8, 4) is 0 Å². The topological polar surface area (TPSA) is 30.2 Å². The molecule has 0 bridgehead atoms. The van der Waals surface area contributed by atoms with E-state index in [-0.39, 0.29) is 0 Å². The van der Waals surface area contributed by atoms with Crippen molar-refractivity contribution < 1.29 is 0 Å². The molecule has 0 aliphatic rings. The molecule has 0 aliphatic heterocycles. The lowest BCUT2D eigenvalue weighted by molar-refractivity contribution is 0.798. The zero-order valence-electron chi connectivity index (χ0n) is 7.23. The van der Waals surface area contributed by atoms with E-state index >= 15 is 0 Å². The summed E-state index contributed by atoms with van der Waals surface area (Å²) in [5.41, 5.74) is 2.20. The van der Waals surface area contributed by atoms with Gasteiger partial charge >= 0.3 is 0 Å². The average molecular weight is 161 g/mol. The van der Waals surface area contributed by atoms with Gasteiger partial charge in [0.1, 0.15) is 0 Å². The maximum Gasteiger partial charge on any atom is 0.159 e. The molecule has 0 N–H and O–H groups in total. The van der Waals surface area contributed by atoms with Crippen LogP contribution in [0.5, 0.6) is 0 Å². The van der Waals surface area contributed by atoms with E-state index in [0.29, 0.717) is 5.92 Å². The summed E-state index contributed by atoms with van der Waals surface area (Å²) in [6.07, 6.45) is 3.65. The van der Waals surface area contributed by atoms with Crippen molar-refractivity contribution in [2.45, 2.75) is 19.8 Å². The molecule has 12 heavy (non-hydrogen) atoms. The predicted molar refractivity (Wildman–Crippen MR) is 47.1 cm³/mol. The van der Waals surface area contributed by atoms with Crippen LogP contribution in [-0.4, -0.2) is 14.6 Å². The first-order valence-corrected chi connectivity index (χ1v) is 4.07. The van der Waals surface area contributed by atoms with Crippen molar-refractivity contribution in [1.82, 2.24) is 14.6 Å². The summed E-state index contributed by atoms with van der Waals surface area (Å²) in [6, 6.07) is 4.08. The second-order valence-electron chi connectivity index (χ2n) is 3.15. The van der Waals surface area contributed by atoms with Gasteiger partial charge in [0, 0.05) is 11.9 Å². The molecule has 3 heteroatoms. The predicted octanol–water partition coefficient (Wildman–Crippen LogP) is 1.85. The van der Waals surface area contributed by atoms with Gasteiger partial charge in [-0.25, -0.2) is 0 Å². The molecule has 0 aliphatic carbocycles. The first kappa shape index (κ1) is 7.28. The van der Waals surface area contributed by atoms with Crippen LogP contribution in [0.15, 0.2) is 24.5 Å².